The van der Waals surface area contributed by atoms with Gasteiger partial charge in [-0.25, -0.2) is 4.79 Å². The number of hydrogen-bond acceptors (Lipinski definition) is 5. The molecule has 0 aliphatic carbocycles. The minimum atomic E-state index is -0.805. The summed E-state index contributed by atoms with van der Waals surface area (Å²) in [6.07, 6.45) is 1.45. The Hall–Kier alpha value is -1.57. The second-order valence-electron chi connectivity index (χ2n) is 10.4. The smallest absolute Gasteiger partial charge is 0.444 e. The molecule has 1 aromatic carbocycles. The molecule has 2 heterocycles. The molecule has 0 saturated carbocycles. The molecule has 1 amide bonds. The summed E-state index contributed by atoms with van der Waals surface area (Å²) in [5.74, 6) is 0. The fourth-order valence-electron chi connectivity index (χ4n) is 3.92. The second-order valence-corrected chi connectivity index (χ2v) is 10.4. The van der Waals surface area contributed by atoms with Gasteiger partial charge < -0.3 is 24.1 Å². The van der Waals surface area contributed by atoms with Crippen molar-refractivity contribution in [3.8, 4) is 0 Å². The molecule has 0 aromatic heterocycles. The van der Waals surface area contributed by atoms with Crippen LogP contribution in [0.2, 0.25) is 0 Å². The number of rotatable bonds is 3. The van der Waals surface area contributed by atoms with Crippen LogP contribution in [0.5, 0.6) is 0 Å². The van der Waals surface area contributed by atoms with Crippen LogP contribution < -0.4 is 5.46 Å². The van der Waals surface area contributed by atoms with Crippen LogP contribution in [0.1, 0.15) is 79.4 Å². The lowest BCUT2D eigenvalue weighted by atomic mass is 9.77. The third-order valence-corrected chi connectivity index (χ3v) is 6.32. The highest BCUT2D eigenvalue weighted by Gasteiger charge is 2.51. The normalized spacial score (nSPS) is 24.6. The monoisotopic (exact) mass is 417 g/mol. The van der Waals surface area contributed by atoms with Crippen molar-refractivity contribution in [3.05, 3.63) is 29.8 Å². The molecule has 6 nitrogen and oxygen atoms in total. The van der Waals surface area contributed by atoms with Crippen molar-refractivity contribution < 1.29 is 23.9 Å². The Bertz CT molecular complexity index is 757. The van der Waals surface area contributed by atoms with Crippen molar-refractivity contribution in [2.45, 2.75) is 96.7 Å². The van der Waals surface area contributed by atoms with E-state index in [9.17, 15) is 9.90 Å². The molecule has 1 N–H and O–H groups in total. The van der Waals surface area contributed by atoms with E-state index >= 15 is 0 Å². The Labute approximate surface area is 181 Å². The number of carbonyl (C=O) groups is 1. The highest BCUT2D eigenvalue weighted by Crippen LogP contribution is 2.37. The van der Waals surface area contributed by atoms with Gasteiger partial charge in [-0.15, -0.1) is 0 Å². The van der Waals surface area contributed by atoms with E-state index in [4.69, 9.17) is 14.0 Å². The highest BCUT2D eigenvalue weighted by molar-refractivity contribution is 6.62. The molecular formula is C23H36BNO5. The van der Waals surface area contributed by atoms with E-state index in [2.05, 4.69) is 0 Å². The van der Waals surface area contributed by atoms with E-state index in [-0.39, 0.29) is 12.1 Å². The first-order valence-electron chi connectivity index (χ1n) is 10.9. The minimum absolute atomic E-state index is 0.317. The molecule has 2 atom stereocenters. The van der Waals surface area contributed by atoms with E-state index in [1.54, 1.807) is 4.90 Å². The van der Waals surface area contributed by atoms with Crippen LogP contribution in [-0.4, -0.2) is 52.6 Å². The third-order valence-electron chi connectivity index (χ3n) is 6.32. The van der Waals surface area contributed by atoms with E-state index in [1.807, 2.05) is 72.7 Å². The largest absolute Gasteiger partial charge is 0.494 e. The van der Waals surface area contributed by atoms with E-state index < -0.39 is 30.0 Å². The first kappa shape index (κ1) is 23.1. The standard InChI is InChI=1S/C23H36BNO5/c1-21(2,3)28-20(27)25-14-9-8-13-18(25)19(26)16-11-10-12-17(15-16)24-29-22(4,5)23(6,7)30-24/h10-12,15,18-19,26H,8-9,13-14H2,1-7H3/t18-,19-/m0/s1. The zero-order valence-corrected chi connectivity index (χ0v) is 19.4. The molecule has 1 aromatic rings. The number of benzene rings is 1. The van der Waals surface area contributed by atoms with Gasteiger partial charge in [0.15, 0.2) is 0 Å². The van der Waals surface area contributed by atoms with Crippen molar-refractivity contribution in [2.75, 3.05) is 6.54 Å². The van der Waals surface area contributed by atoms with E-state index in [0.29, 0.717) is 6.54 Å². The molecule has 2 aliphatic rings. The molecule has 7 heteroatoms. The van der Waals surface area contributed by atoms with Crippen molar-refractivity contribution >= 4 is 18.7 Å². The number of carbonyl (C=O) groups excluding carboxylic acids is 1. The summed E-state index contributed by atoms with van der Waals surface area (Å²) in [5.41, 5.74) is 0.194. The lowest BCUT2D eigenvalue weighted by molar-refractivity contribution is -0.0169. The van der Waals surface area contributed by atoms with Gasteiger partial charge in [0.1, 0.15) is 5.60 Å². The summed E-state index contributed by atoms with van der Waals surface area (Å²) < 4.78 is 17.9. The van der Waals surface area contributed by atoms with E-state index in [1.165, 1.54) is 0 Å². The first-order valence-corrected chi connectivity index (χ1v) is 10.9. The van der Waals surface area contributed by atoms with Gasteiger partial charge in [-0.3, -0.25) is 0 Å². The molecule has 2 fully saturated rings. The van der Waals surface area contributed by atoms with Gasteiger partial charge in [-0.2, -0.15) is 0 Å². The van der Waals surface area contributed by atoms with Crippen LogP contribution in [-0.2, 0) is 14.0 Å². The zero-order valence-electron chi connectivity index (χ0n) is 19.4. The van der Waals surface area contributed by atoms with Crippen LogP contribution in [0.4, 0.5) is 4.79 Å². The average Bonchev–Trinajstić information content (AvgIpc) is 2.87. The molecule has 0 radical (unpaired) electrons. The third kappa shape index (κ3) is 4.84. The van der Waals surface area contributed by atoms with Gasteiger partial charge in [0.05, 0.1) is 23.3 Å². The van der Waals surface area contributed by atoms with Gasteiger partial charge >= 0.3 is 13.2 Å². The van der Waals surface area contributed by atoms with Crippen LogP contribution in [0.25, 0.3) is 0 Å². The second kappa shape index (κ2) is 8.17. The summed E-state index contributed by atoms with van der Waals surface area (Å²) in [7, 11) is -0.490. The molecule has 2 saturated heterocycles. The summed E-state index contributed by atoms with van der Waals surface area (Å²) >= 11 is 0. The minimum Gasteiger partial charge on any atom is -0.444 e. The Morgan fingerprint density at radius 1 is 1.20 bits per heavy atom. The van der Waals surface area contributed by atoms with Crippen molar-refractivity contribution in [1.29, 1.82) is 0 Å². The number of piperidine rings is 1. The quantitative estimate of drug-likeness (QED) is 0.758. The topological polar surface area (TPSA) is 68.2 Å². The summed E-state index contributed by atoms with van der Waals surface area (Å²) in [6.45, 7) is 14.2. The fourth-order valence-corrected chi connectivity index (χ4v) is 3.92. The predicted octanol–water partition coefficient (Wildman–Crippen LogP) is 3.81. The van der Waals surface area contributed by atoms with Gasteiger partial charge in [0, 0.05) is 6.54 Å². The van der Waals surface area contributed by atoms with Gasteiger partial charge in [0.25, 0.3) is 0 Å². The van der Waals surface area contributed by atoms with Crippen molar-refractivity contribution in [3.63, 3.8) is 0 Å². The number of nitrogens with zero attached hydrogens (tertiary/aromatic N) is 1. The Balaban J connectivity index is 1.80. The van der Waals surface area contributed by atoms with Crippen LogP contribution in [0, 0.1) is 0 Å². The average molecular weight is 417 g/mol. The van der Waals surface area contributed by atoms with Gasteiger partial charge in [-0.05, 0) is 78.8 Å². The molecule has 3 rings (SSSR count). The highest BCUT2D eigenvalue weighted by atomic mass is 16.7. The number of amides is 1. The van der Waals surface area contributed by atoms with Crippen molar-refractivity contribution in [1.82, 2.24) is 4.90 Å². The maximum Gasteiger partial charge on any atom is 0.494 e. The summed E-state index contributed by atoms with van der Waals surface area (Å²) in [5, 5.41) is 11.2. The summed E-state index contributed by atoms with van der Waals surface area (Å²) in [6, 6.07) is 7.35. The Kier molecular flexibility index (Phi) is 6.29. The molecule has 0 unspecified atom stereocenters. The van der Waals surface area contributed by atoms with Crippen LogP contribution >= 0.6 is 0 Å². The SMILES string of the molecule is CC(C)(C)OC(=O)N1CCCC[C@H]1[C@@H](O)c1cccc(B2OC(C)(C)C(C)(C)O2)c1. The van der Waals surface area contributed by atoms with E-state index in [0.717, 1.165) is 30.3 Å². The molecule has 2 aliphatic heterocycles. The van der Waals surface area contributed by atoms with Gasteiger partial charge in [0.2, 0.25) is 0 Å². The Morgan fingerprint density at radius 3 is 2.43 bits per heavy atom. The zero-order chi connectivity index (χ0) is 22.3. The number of likely N-dealkylation sites (tertiary alicyclic amines) is 1. The maximum atomic E-state index is 12.7. The van der Waals surface area contributed by atoms with Crippen LogP contribution in [0.3, 0.4) is 0 Å². The maximum absolute atomic E-state index is 12.7. The lowest BCUT2D eigenvalue weighted by Gasteiger charge is -2.39. The lowest BCUT2D eigenvalue weighted by Crippen LogP contribution is -2.48. The molecule has 30 heavy (non-hydrogen) atoms. The number of ether oxygens (including phenoxy) is 1. The number of aliphatic hydroxyl groups is 1. The number of hydrogen-bond donors (Lipinski definition) is 1. The molecule has 0 bridgehead atoms. The first-order chi connectivity index (χ1) is 13.8. The molecule has 0 spiro atoms. The predicted molar refractivity (Wildman–Crippen MR) is 118 cm³/mol. The Morgan fingerprint density at radius 2 is 1.83 bits per heavy atom. The summed E-state index contributed by atoms with van der Waals surface area (Å²) in [4.78, 5) is 14.4. The fraction of sp³-hybridized carbons (Fsp3) is 0.696. The number of aliphatic hydroxyl groups excluding tert-OH is 1. The van der Waals surface area contributed by atoms with Gasteiger partial charge in [-0.1, -0.05) is 24.3 Å². The van der Waals surface area contributed by atoms with Crippen LogP contribution in [0.15, 0.2) is 24.3 Å². The molecular weight excluding hydrogens is 381 g/mol. The molecule has 166 valence electrons. The van der Waals surface area contributed by atoms with Crippen molar-refractivity contribution in [2.24, 2.45) is 0 Å².